The molecule has 0 saturated carbocycles. The fourth-order valence-electron chi connectivity index (χ4n) is 8.35. The van der Waals surface area contributed by atoms with E-state index in [-0.39, 0.29) is 19.8 Å². The first-order chi connectivity index (χ1) is 29.9. The average molecular weight is 865 g/mol. The lowest BCUT2D eigenvalue weighted by molar-refractivity contribution is -0.178. The summed E-state index contributed by atoms with van der Waals surface area (Å²) in [5, 5.41) is 11.4. The summed E-state index contributed by atoms with van der Waals surface area (Å²) in [6.07, 6.45) is 50.8. The maximum Gasteiger partial charge on any atom is 0.339 e. The highest BCUT2D eigenvalue weighted by atomic mass is 16.6. The minimum atomic E-state index is -2.30. The molecule has 0 unspecified atom stereocenters. The van der Waals surface area contributed by atoms with E-state index in [1.54, 1.807) is 0 Å². The smallest absolute Gasteiger partial charge is 0.339 e. The van der Waals surface area contributed by atoms with Crippen molar-refractivity contribution < 1.29 is 33.7 Å². The van der Waals surface area contributed by atoms with E-state index in [1.807, 2.05) is 0 Å². The Morgan fingerprint density at radius 2 is 0.475 bits per heavy atom. The van der Waals surface area contributed by atoms with Crippen LogP contribution in [0.15, 0.2) is 0 Å². The van der Waals surface area contributed by atoms with Crippen LogP contribution < -0.4 is 0 Å². The number of unbranched alkanes of at least 4 members (excludes halogenated alkanes) is 39. The Balaban J connectivity index is 4.46. The van der Waals surface area contributed by atoms with E-state index in [4.69, 9.17) is 14.2 Å². The van der Waals surface area contributed by atoms with E-state index >= 15 is 0 Å². The third-order valence-electron chi connectivity index (χ3n) is 12.5. The van der Waals surface area contributed by atoms with Crippen LogP contribution >= 0.6 is 0 Å². The molecule has 362 valence electrons. The standard InChI is InChI=1S/C54H104O7/c1-4-7-10-13-16-19-22-25-28-31-34-37-40-43-46-59-51(55)49-54(58,53(57)61-48-45-42-39-36-33-30-27-24-21-18-15-12-9-6-3)50-52(56)60-47-44-41-38-35-32-29-26-23-20-17-14-11-8-5-2/h58H,4-50H2,1-3H3. The number of hydrogen-bond donors (Lipinski definition) is 1. The van der Waals surface area contributed by atoms with E-state index in [1.165, 1.54) is 212 Å². The van der Waals surface area contributed by atoms with E-state index < -0.39 is 36.4 Å². The Labute approximate surface area is 379 Å². The second-order valence-corrected chi connectivity index (χ2v) is 18.8. The highest BCUT2D eigenvalue weighted by molar-refractivity contribution is 5.90. The lowest BCUT2D eigenvalue weighted by Gasteiger charge is -2.24. The van der Waals surface area contributed by atoms with Gasteiger partial charge in [-0.2, -0.15) is 0 Å². The molecular weight excluding hydrogens is 761 g/mol. The Morgan fingerprint density at radius 3 is 0.689 bits per heavy atom. The number of ether oxygens (including phenoxy) is 3. The van der Waals surface area contributed by atoms with Crippen LogP contribution in [0.1, 0.15) is 303 Å². The zero-order chi connectivity index (χ0) is 44.6. The van der Waals surface area contributed by atoms with Gasteiger partial charge in [0.05, 0.1) is 32.7 Å². The summed E-state index contributed by atoms with van der Waals surface area (Å²) in [7, 11) is 0. The van der Waals surface area contributed by atoms with Gasteiger partial charge in [0.15, 0.2) is 5.60 Å². The molecule has 7 nitrogen and oxygen atoms in total. The number of esters is 3. The second kappa shape index (κ2) is 47.8. The van der Waals surface area contributed by atoms with Crippen molar-refractivity contribution in [2.24, 2.45) is 0 Å². The molecule has 0 aliphatic rings. The third-order valence-corrected chi connectivity index (χ3v) is 12.5. The Bertz CT molecular complexity index is 888. The normalized spacial score (nSPS) is 11.6. The summed E-state index contributed by atoms with van der Waals surface area (Å²) in [6, 6.07) is 0. The largest absolute Gasteiger partial charge is 0.466 e. The lowest BCUT2D eigenvalue weighted by Crippen LogP contribution is -2.45. The molecule has 61 heavy (non-hydrogen) atoms. The number of carbonyl (C=O) groups is 3. The van der Waals surface area contributed by atoms with Crippen molar-refractivity contribution in [2.45, 2.75) is 309 Å². The predicted molar refractivity (Wildman–Crippen MR) is 258 cm³/mol. The van der Waals surface area contributed by atoms with Gasteiger partial charge in [0, 0.05) is 0 Å². The molecule has 0 heterocycles. The number of aliphatic hydroxyl groups is 1. The van der Waals surface area contributed by atoms with Crippen molar-refractivity contribution >= 4 is 17.9 Å². The lowest BCUT2D eigenvalue weighted by atomic mass is 9.95. The summed E-state index contributed by atoms with van der Waals surface area (Å²) in [5.41, 5.74) is -2.30. The van der Waals surface area contributed by atoms with Crippen LogP contribution in [0.3, 0.4) is 0 Å². The van der Waals surface area contributed by atoms with Crippen molar-refractivity contribution in [1.29, 1.82) is 0 Å². The van der Waals surface area contributed by atoms with E-state index in [9.17, 15) is 19.5 Å². The highest BCUT2D eigenvalue weighted by Gasteiger charge is 2.43. The Kier molecular flexibility index (Phi) is 46.6. The summed E-state index contributed by atoms with van der Waals surface area (Å²) in [5.74, 6) is -2.32. The topological polar surface area (TPSA) is 99.1 Å². The van der Waals surface area contributed by atoms with Crippen molar-refractivity contribution in [3.05, 3.63) is 0 Å². The van der Waals surface area contributed by atoms with Gasteiger partial charge in [0.25, 0.3) is 0 Å². The Morgan fingerprint density at radius 1 is 0.295 bits per heavy atom. The number of carbonyl (C=O) groups excluding carboxylic acids is 3. The van der Waals surface area contributed by atoms with E-state index in [0.29, 0.717) is 6.42 Å². The molecule has 0 fully saturated rings. The van der Waals surface area contributed by atoms with Gasteiger partial charge in [-0.05, 0) is 19.3 Å². The van der Waals surface area contributed by atoms with Gasteiger partial charge >= 0.3 is 17.9 Å². The van der Waals surface area contributed by atoms with Crippen LogP contribution in [0.2, 0.25) is 0 Å². The van der Waals surface area contributed by atoms with Crippen LogP contribution in [-0.4, -0.2) is 48.4 Å². The van der Waals surface area contributed by atoms with Crippen molar-refractivity contribution in [3.63, 3.8) is 0 Å². The molecular formula is C54H104O7. The summed E-state index contributed by atoms with van der Waals surface area (Å²) >= 11 is 0. The first kappa shape index (κ1) is 59.4. The molecule has 0 bridgehead atoms. The molecule has 0 aromatic heterocycles. The predicted octanol–water partition coefficient (Wildman–Crippen LogP) is 16.6. The molecule has 0 spiro atoms. The molecule has 1 N–H and O–H groups in total. The van der Waals surface area contributed by atoms with Crippen LogP contribution in [0.5, 0.6) is 0 Å². The summed E-state index contributed by atoms with van der Waals surface area (Å²) in [6.45, 7) is 7.42. The van der Waals surface area contributed by atoms with Gasteiger partial charge < -0.3 is 19.3 Å². The highest BCUT2D eigenvalue weighted by Crippen LogP contribution is 2.22. The van der Waals surface area contributed by atoms with Gasteiger partial charge in [-0.15, -0.1) is 0 Å². The summed E-state index contributed by atoms with van der Waals surface area (Å²) < 4.78 is 16.4. The molecule has 0 aromatic rings. The van der Waals surface area contributed by atoms with Crippen molar-refractivity contribution in [1.82, 2.24) is 0 Å². The average Bonchev–Trinajstić information content (AvgIpc) is 3.24. The minimum absolute atomic E-state index is 0.154. The molecule has 0 radical (unpaired) electrons. The monoisotopic (exact) mass is 865 g/mol. The number of hydrogen-bond acceptors (Lipinski definition) is 7. The van der Waals surface area contributed by atoms with Crippen LogP contribution in [0, 0.1) is 0 Å². The number of rotatable bonds is 50. The van der Waals surface area contributed by atoms with Gasteiger partial charge in [0.2, 0.25) is 0 Å². The van der Waals surface area contributed by atoms with Gasteiger partial charge in [-0.25, -0.2) is 4.79 Å². The quantitative estimate of drug-likeness (QED) is 0.0369. The molecule has 0 saturated heterocycles. The molecule has 0 aliphatic heterocycles. The first-order valence-corrected chi connectivity index (χ1v) is 27.1. The maximum absolute atomic E-state index is 13.2. The van der Waals surface area contributed by atoms with Gasteiger partial charge in [0.1, 0.15) is 0 Å². The van der Waals surface area contributed by atoms with Crippen molar-refractivity contribution in [2.75, 3.05) is 19.8 Å². The SMILES string of the molecule is CCCCCCCCCCCCCCCCOC(=O)CC(O)(CC(=O)OCCCCCCCCCCCCCCCC)C(=O)OCCCCCCCCCCCCCCCC. The second-order valence-electron chi connectivity index (χ2n) is 18.8. The zero-order valence-corrected chi connectivity index (χ0v) is 41.1. The van der Waals surface area contributed by atoms with Gasteiger partial charge in [-0.3, -0.25) is 9.59 Å². The first-order valence-electron chi connectivity index (χ1n) is 27.1. The molecule has 7 heteroatoms. The molecule has 0 rings (SSSR count). The fraction of sp³-hybridized carbons (Fsp3) is 0.944. The van der Waals surface area contributed by atoms with Crippen molar-refractivity contribution in [3.8, 4) is 0 Å². The van der Waals surface area contributed by atoms with Crippen LogP contribution in [-0.2, 0) is 28.6 Å². The Hall–Kier alpha value is -1.63. The summed E-state index contributed by atoms with van der Waals surface area (Å²) in [4.78, 5) is 38.9. The van der Waals surface area contributed by atoms with Crippen LogP contribution in [0.25, 0.3) is 0 Å². The maximum atomic E-state index is 13.2. The van der Waals surface area contributed by atoms with E-state index in [0.717, 1.165) is 51.4 Å². The molecule has 0 aromatic carbocycles. The molecule has 0 aliphatic carbocycles. The molecule has 0 atom stereocenters. The fourth-order valence-corrected chi connectivity index (χ4v) is 8.35. The van der Waals surface area contributed by atoms with E-state index in [2.05, 4.69) is 20.8 Å². The molecule has 0 amide bonds. The minimum Gasteiger partial charge on any atom is -0.466 e. The van der Waals surface area contributed by atoms with Gasteiger partial charge in [-0.1, -0.05) is 271 Å². The van der Waals surface area contributed by atoms with Crippen LogP contribution in [0.4, 0.5) is 0 Å². The zero-order valence-electron chi connectivity index (χ0n) is 41.1. The third kappa shape index (κ3) is 43.4.